The van der Waals surface area contributed by atoms with E-state index < -0.39 is 5.60 Å². The van der Waals surface area contributed by atoms with Crippen LogP contribution >= 0.6 is 0 Å². The van der Waals surface area contributed by atoms with E-state index in [0.29, 0.717) is 18.0 Å². The van der Waals surface area contributed by atoms with Crippen molar-refractivity contribution in [1.29, 1.82) is 0 Å². The summed E-state index contributed by atoms with van der Waals surface area (Å²) < 4.78 is 0. The van der Waals surface area contributed by atoms with Crippen LogP contribution in [0.2, 0.25) is 0 Å². The van der Waals surface area contributed by atoms with Crippen LogP contribution in [0.25, 0.3) is 0 Å². The summed E-state index contributed by atoms with van der Waals surface area (Å²) in [5, 5.41) is 11.5. The summed E-state index contributed by atoms with van der Waals surface area (Å²) in [6.45, 7) is 5.48. The lowest BCUT2D eigenvalue weighted by Gasteiger charge is -2.52. The maximum Gasteiger partial charge on any atom is 0.0717 e. The van der Waals surface area contributed by atoms with Crippen molar-refractivity contribution < 1.29 is 5.11 Å². The molecule has 0 radical (unpaired) electrons. The topological polar surface area (TPSA) is 23.5 Å². The first-order chi connectivity index (χ1) is 13.0. The van der Waals surface area contributed by atoms with E-state index in [1.807, 2.05) is 0 Å². The summed E-state index contributed by atoms with van der Waals surface area (Å²) in [5.74, 6) is 0.558. The molecule has 1 N–H and O–H groups in total. The van der Waals surface area contributed by atoms with Crippen molar-refractivity contribution in [2.75, 3.05) is 0 Å². The van der Waals surface area contributed by atoms with Crippen molar-refractivity contribution in [1.82, 2.24) is 4.90 Å². The van der Waals surface area contributed by atoms with Gasteiger partial charge in [0.05, 0.1) is 5.60 Å². The van der Waals surface area contributed by atoms with Gasteiger partial charge in [0.1, 0.15) is 0 Å². The molecule has 0 aromatic heterocycles. The first-order valence-electron chi connectivity index (χ1n) is 10.6. The van der Waals surface area contributed by atoms with Gasteiger partial charge in [-0.25, -0.2) is 0 Å². The molecule has 2 unspecified atom stereocenters. The molecule has 2 saturated heterocycles. The molecule has 2 nitrogen and oxygen atoms in total. The molecule has 0 aliphatic carbocycles. The molecule has 0 amide bonds. The number of hydrogen-bond acceptors (Lipinski definition) is 2. The molecule has 2 aliphatic rings. The van der Waals surface area contributed by atoms with Gasteiger partial charge in [0.2, 0.25) is 0 Å². The second kappa shape index (κ2) is 7.77. The third-order valence-electron chi connectivity index (χ3n) is 6.63. The summed E-state index contributed by atoms with van der Waals surface area (Å²) in [5.41, 5.74) is 3.49. The van der Waals surface area contributed by atoms with Crippen LogP contribution in [0.5, 0.6) is 0 Å². The quantitative estimate of drug-likeness (QED) is 0.779. The third-order valence-corrected chi connectivity index (χ3v) is 6.63. The fourth-order valence-electron chi connectivity index (χ4n) is 5.22. The van der Waals surface area contributed by atoms with E-state index in [1.165, 1.54) is 36.0 Å². The molecule has 2 aliphatic heterocycles. The van der Waals surface area contributed by atoms with Crippen LogP contribution < -0.4 is 0 Å². The molecular formula is C25H33NO. The third kappa shape index (κ3) is 4.28. The minimum atomic E-state index is -0.553. The lowest BCUT2D eigenvalue weighted by atomic mass is 9.73. The highest BCUT2D eigenvalue weighted by molar-refractivity contribution is 5.26. The highest BCUT2D eigenvalue weighted by Gasteiger charge is 2.45. The van der Waals surface area contributed by atoms with Crippen molar-refractivity contribution in [2.24, 2.45) is 0 Å². The Kier molecular flexibility index (Phi) is 5.39. The van der Waals surface area contributed by atoms with Crippen molar-refractivity contribution in [3.8, 4) is 0 Å². The first kappa shape index (κ1) is 18.7. The normalized spacial score (nSPS) is 28.4. The molecular weight excluding hydrogens is 330 g/mol. The Bertz CT molecular complexity index is 723. The zero-order chi connectivity index (χ0) is 18.9. The predicted octanol–water partition coefficient (Wildman–Crippen LogP) is 5.30. The molecule has 2 aromatic carbocycles. The predicted molar refractivity (Wildman–Crippen MR) is 112 cm³/mol. The van der Waals surface area contributed by atoms with Crippen LogP contribution in [0.15, 0.2) is 54.6 Å². The van der Waals surface area contributed by atoms with Gasteiger partial charge >= 0.3 is 0 Å². The molecule has 2 atom stereocenters. The Labute approximate surface area is 164 Å². The van der Waals surface area contributed by atoms with E-state index >= 15 is 0 Å². The fraction of sp³-hybridized carbons (Fsp3) is 0.520. The number of piperidine rings is 2. The van der Waals surface area contributed by atoms with Gasteiger partial charge in [0.25, 0.3) is 0 Å². The monoisotopic (exact) mass is 363 g/mol. The molecule has 2 heteroatoms. The Morgan fingerprint density at radius 3 is 2.15 bits per heavy atom. The first-order valence-corrected chi connectivity index (χ1v) is 10.6. The second-order valence-electron chi connectivity index (χ2n) is 9.10. The Balaban J connectivity index is 1.46. The number of fused-ring (bicyclic) bond motifs is 2. The van der Waals surface area contributed by atoms with E-state index in [-0.39, 0.29) is 0 Å². The minimum absolute atomic E-state index is 0.512. The average Bonchev–Trinajstić information content (AvgIpc) is 2.64. The zero-order valence-corrected chi connectivity index (χ0v) is 16.8. The summed E-state index contributed by atoms with van der Waals surface area (Å²) in [7, 11) is 0. The molecule has 27 heavy (non-hydrogen) atoms. The van der Waals surface area contributed by atoms with Gasteiger partial charge in [0, 0.05) is 25.0 Å². The molecule has 0 saturated carbocycles. The van der Waals surface area contributed by atoms with Crippen LogP contribution in [-0.2, 0) is 13.0 Å². The maximum atomic E-state index is 11.5. The van der Waals surface area contributed by atoms with E-state index in [4.69, 9.17) is 0 Å². The molecule has 0 spiro atoms. The molecule has 4 rings (SSSR count). The summed E-state index contributed by atoms with van der Waals surface area (Å²) in [6.07, 6.45) is 6.34. The van der Waals surface area contributed by atoms with E-state index in [9.17, 15) is 5.11 Å². The van der Waals surface area contributed by atoms with Gasteiger partial charge in [-0.3, -0.25) is 4.90 Å². The number of hydrogen-bond donors (Lipinski definition) is 1. The fourth-order valence-corrected chi connectivity index (χ4v) is 5.22. The molecule has 144 valence electrons. The molecule has 2 fully saturated rings. The Morgan fingerprint density at radius 1 is 0.926 bits per heavy atom. The van der Waals surface area contributed by atoms with Crippen LogP contribution in [-0.4, -0.2) is 27.7 Å². The molecule has 2 heterocycles. The smallest absolute Gasteiger partial charge is 0.0717 e. The van der Waals surface area contributed by atoms with Crippen LogP contribution in [0.1, 0.15) is 68.6 Å². The van der Waals surface area contributed by atoms with Crippen molar-refractivity contribution >= 4 is 0 Å². The lowest BCUT2D eigenvalue weighted by molar-refractivity contribution is -0.0946. The van der Waals surface area contributed by atoms with E-state index in [2.05, 4.69) is 73.3 Å². The largest absolute Gasteiger partial charge is 0.389 e. The number of aliphatic hydroxyl groups is 1. The maximum absolute atomic E-state index is 11.5. The van der Waals surface area contributed by atoms with Crippen LogP contribution in [0, 0.1) is 0 Å². The number of rotatable bonds is 5. The number of nitrogens with zero attached hydrogens (tertiary/aromatic N) is 1. The number of benzene rings is 2. The van der Waals surface area contributed by atoms with Crippen LogP contribution in [0.4, 0.5) is 0 Å². The highest BCUT2D eigenvalue weighted by atomic mass is 16.3. The zero-order valence-electron chi connectivity index (χ0n) is 16.8. The Hall–Kier alpha value is -1.64. The lowest BCUT2D eigenvalue weighted by Crippen LogP contribution is -2.58. The Morgan fingerprint density at radius 2 is 1.56 bits per heavy atom. The summed E-state index contributed by atoms with van der Waals surface area (Å²) in [6, 6.07) is 20.7. The second-order valence-corrected chi connectivity index (χ2v) is 9.10. The van der Waals surface area contributed by atoms with Gasteiger partial charge in [-0.15, -0.1) is 0 Å². The van der Waals surface area contributed by atoms with Gasteiger partial charge in [-0.1, -0.05) is 74.9 Å². The molecule has 2 aromatic rings. The SMILES string of the molecule is CC(C)c1ccc(CC2(O)CC3CCCC(C2)N3Cc2ccccc2)cc1. The van der Waals surface area contributed by atoms with Gasteiger partial charge in [-0.2, -0.15) is 0 Å². The van der Waals surface area contributed by atoms with Crippen LogP contribution in [0.3, 0.4) is 0 Å². The van der Waals surface area contributed by atoms with Gasteiger partial charge < -0.3 is 5.11 Å². The minimum Gasteiger partial charge on any atom is -0.389 e. The van der Waals surface area contributed by atoms with Gasteiger partial charge in [-0.05, 0) is 48.3 Å². The summed E-state index contributed by atoms with van der Waals surface area (Å²) >= 11 is 0. The average molecular weight is 364 g/mol. The van der Waals surface area contributed by atoms with Crippen molar-refractivity contribution in [3.63, 3.8) is 0 Å². The van der Waals surface area contributed by atoms with E-state index in [0.717, 1.165) is 25.8 Å². The summed E-state index contributed by atoms with van der Waals surface area (Å²) in [4.78, 5) is 2.68. The standard InChI is InChI=1S/C25H33NO/c1-19(2)22-13-11-20(12-14-22)15-25(27)16-23-9-6-10-24(17-25)26(23)18-21-7-4-3-5-8-21/h3-5,7-8,11-14,19,23-24,27H,6,9-10,15-18H2,1-2H3. The van der Waals surface area contributed by atoms with E-state index in [1.54, 1.807) is 0 Å². The van der Waals surface area contributed by atoms with Crippen molar-refractivity contribution in [3.05, 3.63) is 71.3 Å². The van der Waals surface area contributed by atoms with Gasteiger partial charge in [0.15, 0.2) is 0 Å². The highest BCUT2D eigenvalue weighted by Crippen LogP contribution is 2.41. The molecule has 2 bridgehead atoms. The van der Waals surface area contributed by atoms with Crippen molar-refractivity contribution in [2.45, 2.75) is 82.5 Å².